The Hall–Kier alpha value is -2.49. The number of hydrogen-bond acceptors (Lipinski definition) is 4. The predicted octanol–water partition coefficient (Wildman–Crippen LogP) is 4.05. The Morgan fingerprint density at radius 2 is 2.24 bits per heavy atom. The van der Waals surface area contributed by atoms with Gasteiger partial charge in [0, 0.05) is 11.0 Å². The highest BCUT2D eigenvalue weighted by atomic mass is 16.5. The van der Waals surface area contributed by atoms with Gasteiger partial charge in [-0.2, -0.15) is 0 Å². The molecule has 0 spiro atoms. The summed E-state index contributed by atoms with van der Waals surface area (Å²) in [5.41, 5.74) is 1.81. The molecular weight excluding hydrogens is 268 g/mol. The van der Waals surface area contributed by atoms with Crippen LogP contribution in [0.15, 0.2) is 40.8 Å². The number of esters is 1. The number of hydrogen-bond donors (Lipinski definition) is 1. The second kappa shape index (κ2) is 5.48. The molecule has 4 heteroatoms. The van der Waals surface area contributed by atoms with Crippen LogP contribution in [-0.2, 0) is 4.74 Å². The van der Waals surface area contributed by atoms with Crippen LogP contribution in [-0.4, -0.2) is 17.7 Å². The van der Waals surface area contributed by atoms with Crippen molar-refractivity contribution in [3.05, 3.63) is 47.8 Å². The molecule has 1 aromatic carbocycles. The fourth-order valence-electron chi connectivity index (χ4n) is 2.48. The second-order valence-electron chi connectivity index (χ2n) is 4.85. The smallest absolute Gasteiger partial charge is 0.342 e. The number of fused-ring (bicyclic) bond motifs is 1. The first-order chi connectivity index (χ1) is 10.2. The van der Waals surface area contributed by atoms with E-state index in [4.69, 9.17) is 9.15 Å². The van der Waals surface area contributed by atoms with Crippen molar-refractivity contribution in [2.75, 3.05) is 6.61 Å². The van der Waals surface area contributed by atoms with E-state index >= 15 is 0 Å². The number of carbonyl (C=O) groups excluding carboxylic acids is 1. The summed E-state index contributed by atoms with van der Waals surface area (Å²) in [6.07, 6.45) is 7.94. The second-order valence-corrected chi connectivity index (χ2v) is 4.85. The van der Waals surface area contributed by atoms with Crippen molar-refractivity contribution in [2.45, 2.75) is 19.8 Å². The van der Waals surface area contributed by atoms with Crippen LogP contribution in [0.5, 0.6) is 5.75 Å². The van der Waals surface area contributed by atoms with Gasteiger partial charge in [0.05, 0.1) is 6.61 Å². The summed E-state index contributed by atoms with van der Waals surface area (Å²) in [5, 5.41) is 10.2. The summed E-state index contributed by atoms with van der Waals surface area (Å²) in [4.78, 5) is 12.3. The molecule has 108 valence electrons. The van der Waals surface area contributed by atoms with E-state index in [0.29, 0.717) is 28.9 Å². The van der Waals surface area contributed by atoms with Gasteiger partial charge in [0.1, 0.15) is 22.7 Å². The van der Waals surface area contributed by atoms with Crippen molar-refractivity contribution < 1.29 is 19.1 Å². The van der Waals surface area contributed by atoms with Crippen LogP contribution in [0.4, 0.5) is 0 Å². The highest BCUT2D eigenvalue weighted by Crippen LogP contribution is 2.35. The van der Waals surface area contributed by atoms with E-state index in [9.17, 15) is 9.90 Å². The van der Waals surface area contributed by atoms with Gasteiger partial charge in [-0.1, -0.05) is 18.2 Å². The quantitative estimate of drug-likeness (QED) is 0.864. The number of aromatic hydroxyl groups is 1. The third-order valence-corrected chi connectivity index (χ3v) is 3.41. The molecule has 2 aromatic rings. The van der Waals surface area contributed by atoms with Gasteiger partial charge in [0.25, 0.3) is 0 Å². The van der Waals surface area contributed by atoms with E-state index < -0.39 is 5.97 Å². The Bertz CT molecular complexity index is 749. The third-order valence-electron chi connectivity index (χ3n) is 3.41. The maximum Gasteiger partial charge on any atom is 0.342 e. The summed E-state index contributed by atoms with van der Waals surface area (Å²) < 4.78 is 11.0. The van der Waals surface area contributed by atoms with Crippen LogP contribution < -0.4 is 0 Å². The Morgan fingerprint density at radius 3 is 2.95 bits per heavy atom. The van der Waals surface area contributed by atoms with Crippen LogP contribution in [0.1, 0.15) is 35.9 Å². The summed E-state index contributed by atoms with van der Waals surface area (Å²) >= 11 is 0. The summed E-state index contributed by atoms with van der Waals surface area (Å²) in [5.74, 6) is 0.162. The number of benzene rings is 1. The number of allylic oxidation sites excluding steroid dienone is 4. The van der Waals surface area contributed by atoms with Crippen LogP contribution >= 0.6 is 0 Å². The molecule has 0 unspecified atom stereocenters. The number of furan rings is 1. The number of phenolic OH excluding ortho intramolecular Hbond substituents is 1. The van der Waals surface area contributed by atoms with Gasteiger partial charge in [0.15, 0.2) is 0 Å². The van der Waals surface area contributed by atoms with E-state index in [2.05, 4.69) is 6.08 Å². The Balaban J connectivity index is 2.22. The molecule has 1 N–H and O–H groups in total. The van der Waals surface area contributed by atoms with Crippen molar-refractivity contribution in [1.82, 2.24) is 0 Å². The van der Waals surface area contributed by atoms with Gasteiger partial charge in [-0.3, -0.25) is 0 Å². The standard InChI is InChI=1S/C17H16O4/c1-2-20-17(19)15-13-10-12(18)8-9-14(13)21-16(15)11-6-4-3-5-7-11/h4,6-10,18H,2-3,5H2,1H3. The fourth-order valence-corrected chi connectivity index (χ4v) is 2.48. The summed E-state index contributed by atoms with van der Waals surface area (Å²) in [7, 11) is 0. The number of phenols is 1. The third kappa shape index (κ3) is 2.44. The molecule has 0 saturated heterocycles. The Morgan fingerprint density at radius 1 is 1.38 bits per heavy atom. The molecule has 0 radical (unpaired) electrons. The van der Waals surface area contributed by atoms with Gasteiger partial charge in [-0.05, 0) is 38.0 Å². The van der Waals surface area contributed by atoms with E-state index in [0.717, 1.165) is 18.4 Å². The maximum atomic E-state index is 12.3. The molecule has 1 aliphatic carbocycles. The van der Waals surface area contributed by atoms with E-state index in [1.54, 1.807) is 13.0 Å². The van der Waals surface area contributed by atoms with E-state index in [1.165, 1.54) is 12.1 Å². The largest absolute Gasteiger partial charge is 0.508 e. The summed E-state index contributed by atoms with van der Waals surface area (Å²) in [6, 6.07) is 4.72. The molecule has 1 aliphatic rings. The zero-order valence-electron chi connectivity index (χ0n) is 11.8. The maximum absolute atomic E-state index is 12.3. The normalized spacial score (nSPS) is 14.2. The molecule has 0 atom stereocenters. The van der Waals surface area contributed by atoms with Gasteiger partial charge < -0.3 is 14.3 Å². The highest BCUT2D eigenvalue weighted by Gasteiger charge is 2.24. The molecule has 0 fully saturated rings. The SMILES string of the molecule is CCOC(=O)c1c(C2=CCCC=C2)oc2ccc(O)cc12. The molecule has 0 aliphatic heterocycles. The number of carbonyl (C=O) groups is 1. The van der Waals surface area contributed by atoms with Gasteiger partial charge in [-0.25, -0.2) is 4.79 Å². The lowest BCUT2D eigenvalue weighted by Crippen LogP contribution is -2.06. The molecule has 0 bridgehead atoms. The minimum atomic E-state index is -0.434. The topological polar surface area (TPSA) is 59.7 Å². The lowest BCUT2D eigenvalue weighted by Gasteiger charge is -2.06. The van der Waals surface area contributed by atoms with Crippen molar-refractivity contribution in [2.24, 2.45) is 0 Å². The zero-order chi connectivity index (χ0) is 14.8. The average molecular weight is 284 g/mol. The molecule has 3 rings (SSSR count). The van der Waals surface area contributed by atoms with Gasteiger partial charge in [0.2, 0.25) is 0 Å². The minimum absolute atomic E-state index is 0.0913. The lowest BCUT2D eigenvalue weighted by molar-refractivity contribution is 0.0527. The van der Waals surface area contributed by atoms with Crippen LogP contribution in [0.2, 0.25) is 0 Å². The summed E-state index contributed by atoms with van der Waals surface area (Å²) in [6.45, 7) is 2.05. The first-order valence-corrected chi connectivity index (χ1v) is 7.00. The number of ether oxygens (including phenoxy) is 1. The first-order valence-electron chi connectivity index (χ1n) is 7.00. The first kappa shape index (κ1) is 13.5. The van der Waals surface area contributed by atoms with E-state index in [1.807, 2.05) is 12.2 Å². The average Bonchev–Trinajstić information content (AvgIpc) is 2.87. The van der Waals surface area contributed by atoms with Gasteiger partial charge in [-0.15, -0.1) is 0 Å². The molecule has 1 aromatic heterocycles. The lowest BCUT2D eigenvalue weighted by atomic mass is 10.0. The predicted molar refractivity (Wildman–Crippen MR) is 80.2 cm³/mol. The van der Waals surface area contributed by atoms with Crippen LogP contribution in [0, 0.1) is 0 Å². The van der Waals surface area contributed by atoms with Crippen molar-refractivity contribution in [3.8, 4) is 5.75 Å². The van der Waals surface area contributed by atoms with Crippen LogP contribution in [0.25, 0.3) is 16.5 Å². The Kier molecular flexibility index (Phi) is 3.52. The zero-order valence-corrected chi connectivity index (χ0v) is 11.8. The molecular formula is C17H16O4. The molecule has 21 heavy (non-hydrogen) atoms. The number of rotatable bonds is 3. The molecule has 1 heterocycles. The van der Waals surface area contributed by atoms with Crippen molar-refractivity contribution in [1.29, 1.82) is 0 Å². The molecule has 0 saturated carbocycles. The monoisotopic (exact) mass is 284 g/mol. The minimum Gasteiger partial charge on any atom is -0.508 e. The van der Waals surface area contributed by atoms with Crippen molar-refractivity contribution in [3.63, 3.8) is 0 Å². The van der Waals surface area contributed by atoms with Gasteiger partial charge >= 0.3 is 5.97 Å². The fraction of sp³-hybridized carbons (Fsp3) is 0.235. The molecule has 4 nitrogen and oxygen atoms in total. The van der Waals surface area contributed by atoms with E-state index in [-0.39, 0.29) is 5.75 Å². The van der Waals surface area contributed by atoms with Crippen LogP contribution in [0.3, 0.4) is 0 Å². The molecule has 0 amide bonds. The highest BCUT2D eigenvalue weighted by molar-refractivity contribution is 6.08. The Labute approximate surface area is 122 Å². The van der Waals surface area contributed by atoms with Crippen molar-refractivity contribution >= 4 is 22.5 Å².